The van der Waals surface area contributed by atoms with Crippen LogP contribution in [0, 0.1) is 5.92 Å². The first-order chi connectivity index (χ1) is 11.1. The molecule has 126 valence electrons. The maximum Gasteiger partial charge on any atom is 0.236 e. The van der Waals surface area contributed by atoms with E-state index in [1.807, 2.05) is 23.9 Å². The number of hydrogen-bond acceptors (Lipinski definition) is 5. The van der Waals surface area contributed by atoms with Crippen LogP contribution in [0.25, 0.3) is 0 Å². The number of aromatic nitrogens is 1. The first-order valence-electron chi connectivity index (χ1n) is 8.63. The van der Waals surface area contributed by atoms with Crippen molar-refractivity contribution in [1.82, 2.24) is 14.8 Å². The van der Waals surface area contributed by atoms with Gasteiger partial charge >= 0.3 is 0 Å². The summed E-state index contributed by atoms with van der Waals surface area (Å²) < 4.78 is 6.29. The third-order valence-electron chi connectivity index (χ3n) is 5.17. The summed E-state index contributed by atoms with van der Waals surface area (Å²) in [5.74, 6) is 1.50. The van der Waals surface area contributed by atoms with Gasteiger partial charge in [0.25, 0.3) is 0 Å². The number of carbonyl (C=O) groups excluding carboxylic acids is 1. The molecule has 0 spiro atoms. The van der Waals surface area contributed by atoms with Crippen molar-refractivity contribution >= 4 is 17.2 Å². The van der Waals surface area contributed by atoms with E-state index >= 15 is 0 Å². The molecule has 1 aliphatic carbocycles. The number of likely N-dealkylation sites (tertiary alicyclic amines) is 1. The highest BCUT2D eigenvalue weighted by Crippen LogP contribution is 2.45. The molecule has 2 aliphatic heterocycles. The van der Waals surface area contributed by atoms with Crippen LogP contribution in [-0.4, -0.2) is 60.5 Å². The van der Waals surface area contributed by atoms with Crippen LogP contribution in [0.15, 0.2) is 5.38 Å². The number of rotatable bonds is 4. The van der Waals surface area contributed by atoms with Gasteiger partial charge in [-0.25, -0.2) is 4.98 Å². The van der Waals surface area contributed by atoms with E-state index < -0.39 is 0 Å². The zero-order chi connectivity index (χ0) is 16.0. The molecule has 0 bridgehead atoms. The largest absolute Gasteiger partial charge is 0.366 e. The predicted octanol–water partition coefficient (Wildman–Crippen LogP) is 2.26. The molecule has 1 aromatic rings. The van der Waals surface area contributed by atoms with Gasteiger partial charge in [-0.1, -0.05) is 0 Å². The third-order valence-corrected chi connectivity index (χ3v) is 6.12. The number of thiazole rings is 1. The fraction of sp³-hybridized carbons (Fsp3) is 0.765. The second-order valence-corrected chi connectivity index (χ2v) is 8.30. The molecule has 1 saturated carbocycles. The van der Waals surface area contributed by atoms with Gasteiger partial charge < -0.3 is 14.5 Å². The highest BCUT2D eigenvalue weighted by Gasteiger charge is 2.42. The highest BCUT2D eigenvalue weighted by molar-refractivity contribution is 7.09. The van der Waals surface area contributed by atoms with Crippen LogP contribution in [0.4, 0.5) is 0 Å². The van der Waals surface area contributed by atoms with Crippen molar-refractivity contribution in [3.8, 4) is 0 Å². The summed E-state index contributed by atoms with van der Waals surface area (Å²) >= 11 is 1.75. The van der Waals surface area contributed by atoms with Crippen molar-refractivity contribution in [3.05, 3.63) is 16.1 Å². The van der Waals surface area contributed by atoms with Crippen molar-refractivity contribution in [2.24, 2.45) is 5.92 Å². The Labute approximate surface area is 141 Å². The van der Waals surface area contributed by atoms with Crippen LogP contribution < -0.4 is 0 Å². The molecule has 23 heavy (non-hydrogen) atoms. The quantitative estimate of drug-likeness (QED) is 0.847. The Bertz CT molecular complexity index is 584. The van der Waals surface area contributed by atoms with Crippen LogP contribution in [0.5, 0.6) is 0 Å². The molecule has 3 aliphatic rings. The molecular weight excluding hydrogens is 310 g/mol. The molecule has 6 heteroatoms. The minimum Gasteiger partial charge on any atom is -0.366 e. The standard InChI is InChI=1S/C17H25N3O2S/c1-19(2)9-16(21)20-6-5-12-7-14(22-15(12)8-20)17-18-13(10-23-17)11-3-4-11/h10-12,14-15H,3-9H2,1-2H3/t12-,14+,15+/m0/s1. The average molecular weight is 335 g/mol. The maximum atomic E-state index is 12.3. The minimum atomic E-state index is 0.145. The van der Waals surface area contributed by atoms with E-state index in [4.69, 9.17) is 9.72 Å². The lowest BCUT2D eigenvalue weighted by atomic mass is 9.92. The fourth-order valence-corrected chi connectivity index (χ4v) is 4.65. The summed E-state index contributed by atoms with van der Waals surface area (Å²) in [6, 6.07) is 0. The third kappa shape index (κ3) is 3.30. The molecule has 1 amide bonds. The van der Waals surface area contributed by atoms with Gasteiger partial charge in [0, 0.05) is 24.4 Å². The summed E-state index contributed by atoms with van der Waals surface area (Å²) in [6.07, 6.45) is 5.05. The van der Waals surface area contributed by atoms with Gasteiger partial charge in [0.2, 0.25) is 5.91 Å². The molecule has 0 aromatic carbocycles. The number of ether oxygens (including phenoxy) is 1. The number of piperidine rings is 1. The minimum absolute atomic E-state index is 0.145. The zero-order valence-corrected chi connectivity index (χ0v) is 14.7. The van der Waals surface area contributed by atoms with Crippen LogP contribution in [0.2, 0.25) is 0 Å². The smallest absolute Gasteiger partial charge is 0.236 e. The number of amides is 1. The zero-order valence-electron chi connectivity index (χ0n) is 13.9. The van der Waals surface area contributed by atoms with Crippen molar-refractivity contribution in [2.75, 3.05) is 33.7 Å². The number of fused-ring (bicyclic) bond motifs is 1. The van der Waals surface area contributed by atoms with Gasteiger partial charge in [-0.3, -0.25) is 4.79 Å². The van der Waals surface area contributed by atoms with Crippen molar-refractivity contribution < 1.29 is 9.53 Å². The summed E-state index contributed by atoms with van der Waals surface area (Å²) in [5, 5.41) is 3.36. The fourth-order valence-electron chi connectivity index (χ4n) is 3.70. The Morgan fingerprint density at radius 2 is 2.26 bits per heavy atom. The molecule has 4 rings (SSSR count). The second kappa shape index (κ2) is 6.15. The molecule has 0 N–H and O–H groups in total. The van der Waals surface area contributed by atoms with Gasteiger partial charge in [-0.15, -0.1) is 11.3 Å². The van der Waals surface area contributed by atoms with Crippen molar-refractivity contribution in [2.45, 2.75) is 43.8 Å². The summed E-state index contributed by atoms with van der Waals surface area (Å²) in [5.41, 5.74) is 1.27. The summed E-state index contributed by atoms with van der Waals surface area (Å²) in [6.45, 7) is 2.10. The number of likely N-dealkylation sites (N-methyl/N-ethyl adjacent to an activating group) is 1. The van der Waals surface area contributed by atoms with Gasteiger partial charge in [0.1, 0.15) is 11.1 Å². The number of nitrogens with zero attached hydrogens (tertiary/aromatic N) is 3. The van der Waals surface area contributed by atoms with E-state index in [0.29, 0.717) is 18.4 Å². The van der Waals surface area contributed by atoms with Crippen LogP contribution in [-0.2, 0) is 9.53 Å². The van der Waals surface area contributed by atoms with Gasteiger partial charge in [0.05, 0.1) is 18.3 Å². The first-order valence-corrected chi connectivity index (χ1v) is 9.51. The second-order valence-electron chi connectivity index (χ2n) is 7.41. The van der Waals surface area contributed by atoms with Gasteiger partial charge in [-0.05, 0) is 45.7 Å². The predicted molar refractivity (Wildman–Crippen MR) is 89.6 cm³/mol. The van der Waals surface area contributed by atoms with E-state index in [1.54, 1.807) is 11.3 Å². The molecule has 3 fully saturated rings. The molecule has 1 aromatic heterocycles. The van der Waals surface area contributed by atoms with E-state index in [0.717, 1.165) is 30.9 Å². The van der Waals surface area contributed by atoms with E-state index in [9.17, 15) is 4.79 Å². The van der Waals surface area contributed by atoms with Crippen molar-refractivity contribution in [1.29, 1.82) is 0 Å². The number of hydrogen-bond donors (Lipinski definition) is 0. The van der Waals surface area contributed by atoms with E-state index in [1.165, 1.54) is 18.5 Å². The molecule has 5 nitrogen and oxygen atoms in total. The lowest BCUT2D eigenvalue weighted by Gasteiger charge is -2.34. The Morgan fingerprint density at radius 1 is 1.43 bits per heavy atom. The summed E-state index contributed by atoms with van der Waals surface area (Å²) in [4.78, 5) is 21.0. The monoisotopic (exact) mass is 335 g/mol. The van der Waals surface area contributed by atoms with Gasteiger partial charge in [0.15, 0.2) is 0 Å². The lowest BCUT2D eigenvalue weighted by Crippen LogP contribution is -2.47. The SMILES string of the molecule is CN(C)CC(=O)N1CC[C@H]2C[C@H](c3nc(C4CC4)cs3)O[C@@H]2C1. The molecule has 3 heterocycles. The van der Waals surface area contributed by atoms with E-state index in [2.05, 4.69) is 5.38 Å². The van der Waals surface area contributed by atoms with E-state index in [-0.39, 0.29) is 18.1 Å². The maximum absolute atomic E-state index is 12.3. The molecule has 0 radical (unpaired) electrons. The van der Waals surface area contributed by atoms with Crippen LogP contribution in [0.1, 0.15) is 48.4 Å². The Hall–Kier alpha value is -0.980. The summed E-state index contributed by atoms with van der Waals surface area (Å²) in [7, 11) is 3.87. The number of carbonyl (C=O) groups is 1. The average Bonchev–Trinajstić information content (AvgIpc) is 3.10. The van der Waals surface area contributed by atoms with Crippen LogP contribution in [0.3, 0.4) is 0 Å². The Kier molecular flexibility index (Phi) is 4.15. The first kappa shape index (κ1) is 15.5. The normalized spacial score (nSPS) is 30.7. The Balaban J connectivity index is 1.38. The Morgan fingerprint density at radius 3 is 3.00 bits per heavy atom. The molecule has 3 atom stereocenters. The lowest BCUT2D eigenvalue weighted by molar-refractivity contribution is -0.136. The van der Waals surface area contributed by atoms with Gasteiger partial charge in [-0.2, -0.15) is 0 Å². The van der Waals surface area contributed by atoms with Crippen LogP contribution >= 0.6 is 11.3 Å². The molecule has 0 unspecified atom stereocenters. The molecule has 2 saturated heterocycles. The molecular formula is C17H25N3O2S. The highest BCUT2D eigenvalue weighted by atomic mass is 32.1. The van der Waals surface area contributed by atoms with Crippen molar-refractivity contribution in [3.63, 3.8) is 0 Å². The topological polar surface area (TPSA) is 45.7 Å².